The van der Waals surface area contributed by atoms with Crippen LogP contribution in [-0.4, -0.2) is 53.2 Å². The first kappa shape index (κ1) is 24.8. The number of rotatable bonds is 6. The van der Waals surface area contributed by atoms with E-state index in [0.717, 1.165) is 35.1 Å². The number of carboxylic acid groups (broad SMARTS) is 1. The number of hydrogen-bond acceptors (Lipinski definition) is 4. The van der Waals surface area contributed by atoms with Gasteiger partial charge in [0.2, 0.25) is 5.91 Å². The third-order valence-electron chi connectivity index (χ3n) is 6.82. The molecule has 4 rings (SSSR count). The van der Waals surface area contributed by atoms with Crippen molar-refractivity contribution in [2.45, 2.75) is 64.5 Å². The van der Waals surface area contributed by atoms with E-state index in [2.05, 4.69) is 29.6 Å². The van der Waals surface area contributed by atoms with Crippen LogP contribution in [0.3, 0.4) is 0 Å². The lowest BCUT2D eigenvalue weighted by atomic mass is 9.87. The van der Waals surface area contributed by atoms with Gasteiger partial charge in [0, 0.05) is 12.5 Å². The van der Waals surface area contributed by atoms with Crippen LogP contribution in [0.2, 0.25) is 0 Å². The third-order valence-corrected chi connectivity index (χ3v) is 6.82. The Morgan fingerprint density at radius 2 is 1.63 bits per heavy atom. The molecule has 2 aromatic rings. The zero-order valence-corrected chi connectivity index (χ0v) is 20.6. The first-order chi connectivity index (χ1) is 16.7. The van der Waals surface area contributed by atoms with Gasteiger partial charge in [-0.25, -0.2) is 9.59 Å². The van der Waals surface area contributed by atoms with Gasteiger partial charge in [0.15, 0.2) is 0 Å². The number of nitrogens with one attached hydrogen (secondary N) is 1. The Morgan fingerprint density at radius 3 is 2.20 bits per heavy atom. The van der Waals surface area contributed by atoms with Gasteiger partial charge in [-0.05, 0) is 53.4 Å². The number of carboxylic acids is 1. The fraction of sp³-hybridized carbons (Fsp3) is 0.464. The van der Waals surface area contributed by atoms with Gasteiger partial charge in [-0.2, -0.15) is 0 Å². The number of piperidine rings is 1. The second kappa shape index (κ2) is 10.1. The molecule has 0 spiro atoms. The Bertz CT molecular complexity index is 1060. The van der Waals surface area contributed by atoms with Crippen LogP contribution in [0.4, 0.5) is 4.79 Å². The van der Waals surface area contributed by atoms with Gasteiger partial charge in [0.25, 0.3) is 0 Å². The van der Waals surface area contributed by atoms with Crippen molar-refractivity contribution < 1.29 is 24.2 Å². The Labute approximate surface area is 206 Å². The summed E-state index contributed by atoms with van der Waals surface area (Å²) in [7, 11) is 0. The van der Waals surface area contributed by atoms with Crippen LogP contribution in [-0.2, 0) is 14.3 Å². The molecular weight excluding hydrogens is 444 g/mol. The monoisotopic (exact) mass is 478 g/mol. The van der Waals surface area contributed by atoms with Crippen molar-refractivity contribution in [3.05, 3.63) is 59.7 Å². The lowest BCUT2D eigenvalue weighted by Gasteiger charge is -2.37. The van der Waals surface area contributed by atoms with Gasteiger partial charge >= 0.3 is 12.1 Å². The minimum absolute atomic E-state index is 0.0802. The Balaban J connectivity index is 1.47. The molecule has 7 heteroatoms. The Hall–Kier alpha value is -3.35. The van der Waals surface area contributed by atoms with Crippen molar-refractivity contribution in [1.82, 2.24) is 10.2 Å². The summed E-state index contributed by atoms with van der Waals surface area (Å²) in [6.45, 7) is 6.48. The summed E-state index contributed by atoms with van der Waals surface area (Å²) in [5, 5.41) is 12.4. The summed E-state index contributed by atoms with van der Waals surface area (Å²) < 4.78 is 5.66. The summed E-state index contributed by atoms with van der Waals surface area (Å²) >= 11 is 0. The molecule has 35 heavy (non-hydrogen) atoms. The first-order valence-corrected chi connectivity index (χ1v) is 12.3. The second-order valence-electron chi connectivity index (χ2n) is 10.7. The molecule has 1 fully saturated rings. The predicted octanol–water partition coefficient (Wildman–Crippen LogP) is 4.80. The quantitative estimate of drug-likeness (QED) is 0.622. The molecule has 2 aliphatic rings. The van der Waals surface area contributed by atoms with Gasteiger partial charge in [0.1, 0.15) is 18.7 Å². The lowest BCUT2D eigenvalue weighted by molar-refractivity contribution is -0.153. The number of nitrogens with zero attached hydrogens (tertiary/aromatic N) is 1. The fourth-order valence-corrected chi connectivity index (χ4v) is 5.25. The van der Waals surface area contributed by atoms with Crippen LogP contribution in [0.1, 0.15) is 63.5 Å². The zero-order valence-electron chi connectivity index (χ0n) is 20.6. The molecule has 0 radical (unpaired) electrons. The number of aliphatic carboxylic acids is 1. The van der Waals surface area contributed by atoms with Crippen LogP contribution < -0.4 is 5.32 Å². The summed E-state index contributed by atoms with van der Waals surface area (Å²) in [5.74, 6) is -1.45. The van der Waals surface area contributed by atoms with Crippen LogP contribution in [0.5, 0.6) is 0 Å². The highest BCUT2D eigenvalue weighted by Crippen LogP contribution is 2.44. The van der Waals surface area contributed by atoms with Crippen LogP contribution in [0, 0.1) is 5.41 Å². The van der Waals surface area contributed by atoms with Crippen LogP contribution in [0.15, 0.2) is 48.5 Å². The van der Waals surface area contributed by atoms with E-state index in [1.807, 2.05) is 45.0 Å². The van der Waals surface area contributed by atoms with Gasteiger partial charge in [0.05, 0.1) is 0 Å². The number of benzene rings is 2. The molecular formula is C28H34N2O5. The van der Waals surface area contributed by atoms with E-state index in [1.54, 1.807) is 0 Å². The number of fused-ring (bicyclic) bond motifs is 3. The average molecular weight is 479 g/mol. The molecule has 0 saturated carbocycles. The molecule has 1 unspecified atom stereocenters. The molecule has 1 heterocycles. The van der Waals surface area contributed by atoms with Gasteiger partial charge in [-0.15, -0.1) is 0 Å². The van der Waals surface area contributed by atoms with E-state index < -0.39 is 24.1 Å². The first-order valence-electron chi connectivity index (χ1n) is 12.3. The Kier molecular flexibility index (Phi) is 7.15. The molecule has 1 aliphatic carbocycles. The maximum absolute atomic E-state index is 13.4. The van der Waals surface area contributed by atoms with E-state index in [1.165, 1.54) is 4.90 Å². The molecule has 0 bridgehead atoms. The highest BCUT2D eigenvalue weighted by atomic mass is 16.5. The highest BCUT2D eigenvalue weighted by Gasteiger charge is 2.38. The Morgan fingerprint density at radius 1 is 1.03 bits per heavy atom. The summed E-state index contributed by atoms with van der Waals surface area (Å²) in [6.07, 6.45) is 1.65. The molecule has 2 amide bonds. The maximum atomic E-state index is 13.4. The van der Waals surface area contributed by atoms with Crippen LogP contribution in [0.25, 0.3) is 11.1 Å². The number of likely N-dealkylation sites (tertiary alicyclic amines) is 1. The molecule has 7 nitrogen and oxygen atoms in total. The third kappa shape index (κ3) is 5.50. The SMILES string of the molecule is CC(C)(C)CC(NC(=O)OCC1c2ccccc2-c2ccccc21)C(=O)N1CCCC[C@H]1C(=O)O. The standard InChI is InChI=1S/C28H34N2O5/c1-28(2,3)16-23(25(31)30-15-9-8-14-24(30)26(32)33)29-27(34)35-17-22-20-12-6-4-10-18(20)19-11-5-7-13-21(19)22/h4-7,10-13,22-24H,8-9,14-17H2,1-3H3,(H,29,34)(H,32,33)/t23?,24-/m0/s1. The number of amides is 2. The molecule has 2 N–H and O–H groups in total. The van der Waals surface area contributed by atoms with Gasteiger partial charge < -0.3 is 20.1 Å². The minimum atomic E-state index is -1.01. The second-order valence-corrected chi connectivity index (χ2v) is 10.7. The van der Waals surface area contributed by atoms with Crippen molar-refractivity contribution in [2.75, 3.05) is 13.2 Å². The summed E-state index contributed by atoms with van der Waals surface area (Å²) in [6, 6.07) is 14.5. The van der Waals surface area contributed by atoms with E-state index in [9.17, 15) is 19.5 Å². The van der Waals surface area contributed by atoms with E-state index in [-0.39, 0.29) is 23.8 Å². The highest BCUT2D eigenvalue weighted by molar-refractivity contribution is 5.89. The van der Waals surface area contributed by atoms with Crippen molar-refractivity contribution in [3.63, 3.8) is 0 Å². The molecule has 2 atom stereocenters. The van der Waals surface area contributed by atoms with Crippen molar-refractivity contribution in [2.24, 2.45) is 5.41 Å². The number of ether oxygens (including phenoxy) is 1. The molecule has 1 aliphatic heterocycles. The smallest absolute Gasteiger partial charge is 0.407 e. The number of alkyl carbamates (subject to hydrolysis) is 1. The van der Waals surface area contributed by atoms with E-state index in [4.69, 9.17) is 4.74 Å². The number of carbonyl (C=O) groups excluding carboxylic acids is 2. The zero-order chi connectivity index (χ0) is 25.2. The molecule has 186 valence electrons. The predicted molar refractivity (Wildman–Crippen MR) is 133 cm³/mol. The van der Waals surface area contributed by atoms with E-state index in [0.29, 0.717) is 19.4 Å². The molecule has 2 aromatic carbocycles. The maximum Gasteiger partial charge on any atom is 0.407 e. The van der Waals surface area contributed by atoms with Gasteiger partial charge in [-0.3, -0.25) is 4.79 Å². The average Bonchev–Trinajstić information content (AvgIpc) is 3.14. The van der Waals surface area contributed by atoms with Crippen molar-refractivity contribution in [3.8, 4) is 11.1 Å². The summed E-state index contributed by atoms with van der Waals surface area (Å²) in [4.78, 5) is 39.5. The topological polar surface area (TPSA) is 95.9 Å². The number of carbonyl (C=O) groups is 3. The minimum Gasteiger partial charge on any atom is -0.480 e. The molecule has 1 saturated heterocycles. The largest absolute Gasteiger partial charge is 0.480 e. The molecule has 0 aromatic heterocycles. The van der Waals surface area contributed by atoms with Crippen molar-refractivity contribution >= 4 is 18.0 Å². The van der Waals surface area contributed by atoms with Gasteiger partial charge in [-0.1, -0.05) is 69.3 Å². The van der Waals surface area contributed by atoms with E-state index >= 15 is 0 Å². The number of hydrogen-bond donors (Lipinski definition) is 2. The van der Waals surface area contributed by atoms with Crippen molar-refractivity contribution in [1.29, 1.82) is 0 Å². The normalized spacial score (nSPS) is 18.4. The lowest BCUT2D eigenvalue weighted by Crippen LogP contribution is -2.56. The summed E-state index contributed by atoms with van der Waals surface area (Å²) in [5.41, 5.74) is 4.25. The fourth-order valence-electron chi connectivity index (χ4n) is 5.25. The van der Waals surface area contributed by atoms with Crippen LogP contribution >= 0.6 is 0 Å².